The van der Waals surface area contributed by atoms with Crippen LogP contribution in [0.15, 0.2) is 47.6 Å². The van der Waals surface area contributed by atoms with Crippen LogP contribution in [-0.2, 0) is 16.0 Å². The van der Waals surface area contributed by atoms with E-state index in [9.17, 15) is 14.4 Å². The summed E-state index contributed by atoms with van der Waals surface area (Å²) in [5, 5.41) is 0. The molecule has 3 unspecified atom stereocenters. The minimum absolute atomic E-state index is 0.0262. The Morgan fingerprint density at radius 2 is 1.96 bits per heavy atom. The maximum atomic E-state index is 12.8. The lowest BCUT2D eigenvalue weighted by molar-refractivity contribution is -0.124. The number of benzene rings is 1. The van der Waals surface area contributed by atoms with Gasteiger partial charge in [0.1, 0.15) is 0 Å². The van der Waals surface area contributed by atoms with Gasteiger partial charge in [-0.1, -0.05) is 36.4 Å². The molecule has 23 heavy (non-hydrogen) atoms. The third-order valence-electron chi connectivity index (χ3n) is 5.34. The highest BCUT2D eigenvalue weighted by molar-refractivity contribution is 6.21. The number of amides is 1. The molecule has 0 aromatic heterocycles. The van der Waals surface area contributed by atoms with Crippen LogP contribution < -0.4 is 5.73 Å². The first-order chi connectivity index (χ1) is 11.1. The highest BCUT2D eigenvalue weighted by Crippen LogP contribution is 2.44. The fourth-order valence-electron chi connectivity index (χ4n) is 4.20. The number of primary amides is 1. The van der Waals surface area contributed by atoms with Crippen molar-refractivity contribution in [3.8, 4) is 0 Å². The van der Waals surface area contributed by atoms with Gasteiger partial charge in [0, 0.05) is 17.1 Å². The Balaban J connectivity index is 1.75. The maximum Gasteiger partial charge on any atom is 0.252 e. The van der Waals surface area contributed by atoms with Crippen molar-refractivity contribution >= 4 is 17.5 Å². The molecule has 4 nitrogen and oxygen atoms in total. The van der Waals surface area contributed by atoms with Crippen molar-refractivity contribution in [2.24, 2.45) is 23.5 Å². The molecule has 0 saturated heterocycles. The molecule has 0 spiro atoms. The Labute approximate surface area is 134 Å². The van der Waals surface area contributed by atoms with Gasteiger partial charge in [0.15, 0.2) is 11.6 Å². The quantitative estimate of drug-likeness (QED) is 0.806. The van der Waals surface area contributed by atoms with E-state index in [1.54, 1.807) is 6.08 Å². The van der Waals surface area contributed by atoms with Crippen LogP contribution >= 0.6 is 0 Å². The van der Waals surface area contributed by atoms with E-state index in [-0.39, 0.29) is 34.9 Å². The second kappa shape index (κ2) is 5.01. The minimum atomic E-state index is -0.672. The summed E-state index contributed by atoms with van der Waals surface area (Å²) < 4.78 is 0. The molecule has 1 amide bonds. The molecule has 4 heteroatoms. The number of carbonyl (C=O) groups excluding carboxylic acids is 3. The van der Waals surface area contributed by atoms with Crippen molar-refractivity contribution in [1.82, 2.24) is 0 Å². The predicted octanol–water partition coefficient (Wildman–Crippen LogP) is 1.99. The Morgan fingerprint density at radius 1 is 1.17 bits per heavy atom. The average Bonchev–Trinajstić information content (AvgIpc) is 2.54. The van der Waals surface area contributed by atoms with E-state index in [1.807, 2.05) is 30.3 Å². The molecule has 2 N–H and O–H groups in total. The zero-order chi connectivity index (χ0) is 16.1. The fourth-order valence-corrected chi connectivity index (χ4v) is 4.20. The number of fused-ring (bicyclic) bond motifs is 3. The third kappa shape index (κ3) is 2.09. The molecule has 0 heterocycles. The lowest BCUT2D eigenvalue weighted by Crippen LogP contribution is -2.39. The van der Waals surface area contributed by atoms with Crippen LogP contribution in [0, 0.1) is 17.8 Å². The molecule has 3 atom stereocenters. The van der Waals surface area contributed by atoms with Gasteiger partial charge in [-0.2, -0.15) is 0 Å². The molecule has 0 fully saturated rings. The molecule has 4 rings (SSSR count). The largest absolute Gasteiger partial charge is 0.365 e. The second-order valence-electron chi connectivity index (χ2n) is 6.61. The van der Waals surface area contributed by atoms with E-state index in [0.29, 0.717) is 6.42 Å². The Bertz CT molecular complexity index is 803. The molecule has 1 aromatic rings. The van der Waals surface area contributed by atoms with Crippen molar-refractivity contribution in [3.63, 3.8) is 0 Å². The topological polar surface area (TPSA) is 77.2 Å². The van der Waals surface area contributed by atoms with Crippen molar-refractivity contribution in [3.05, 3.63) is 58.7 Å². The minimum Gasteiger partial charge on any atom is -0.365 e. The van der Waals surface area contributed by atoms with Crippen LogP contribution in [-0.4, -0.2) is 17.5 Å². The molecule has 0 bridgehead atoms. The lowest BCUT2D eigenvalue weighted by Gasteiger charge is -2.38. The van der Waals surface area contributed by atoms with Gasteiger partial charge in [0.2, 0.25) is 0 Å². The van der Waals surface area contributed by atoms with Gasteiger partial charge in [-0.15, -0.1) is 0 Å². The summed E-state index contributed by atoms with van der Waals surface area (Å²) in [5.74, 6) is -0.922. The van der Waals surface area contributed by atoms with Crippen LogP contribution in [0.1, 0.15) is 28.8 Å². The van der Waals surface area contributed by atoms with E-state index < -0.39 is 5.91 Å². The van der Waals surface area contributed by atoms with Crippen molar-refractivity contribution in [1.29, 1.82) is 0 Å². The number of hydrogen-bond acceptors (Lipinski definition) is 3. The predicted molar refractivity (Wildman–Crippen MR) is 84.5 cm³/mol. The normalized spacial score (nSPS) is 29.0. The fraction of sp³-hybridized carbons (Fsp3) is 0.316. The number of rotatable bonds is 1. The summed E-state index contributed by atoms with van der Waals surface area (Å²) in [4.78, 5) is 36.7. The van der Waals surface area contributed by atoms with Crippen LogP contribution in [0.3, 0.4) is 0 Å². The van der Waals surface area contributed by atoms with Gasteiger partial charge in [0.05, 0.1) is 5.57 Å². The molecular formula is C19H17NO3. The van der Waals surface area contributed by atoms with E-state index in [1.165, 1.54) is 0 Å². The number of Topliss-reactive ketones (excluding diaryl/α,β-unsaturated/α-hetero) is 2. The third-order valence-corrected chi connectivity index (χ3v) is 5.34. The highest BCUT2D eigenvalue weighted by Gasteiger charge is 2.42. The zero-order valence-electron chi connectivity index (χ0n) is 12.6. The van der Waals surface area contributed by atoms with Crippen LogP contribution in [0.4, 0.5) is 0 Å². The molecule has 0 saturated carbocycles. The highest BCUT2D eigenvalue weighted by atomic mass is 16.2. The summed E-state index contributed by atoms with van der Waals surface area (Å²) in [7, 11) is 0. The molecule has 0 aliphatic heterocycles. The van der Waals surface area contributed by atoms with Crippen molar-refractivity contribution < 1.29 is 14.4 Å². The first-order valence-electron chi connectivity index (χ1n) is 7.94. The number of ketones is 2. The Hall–Kier alpha value is -2.49. The van der Waals surface area contributed by atoms with E-state index in [0.717, 1.165) is 29.5 Å². The number of carbonyl (C=O) groups is 3. The standard InChI is InChI=1S/C19H17NO3/c20-19(23)14-6-5-11-8-12-7-10-3-1-2-4-13(10)17(21)16(12)9-15(11)18(14)22/h1-4,6,9,11-12,15H,5,7-8H2,(H2,20,23). The molecule has 116 valence electrons. The molecular weight excluding hydrogens is 290 g/mol. The summed E-state index contributed by atoms with van der Waals surface area (Å²) in [6, 6.07) is 7.67. The lowest BCUT2D eigenvalue weighted by atomic mass is 9.64. The van der Waals surface area contributed by atoms with E-state index in [2.05, 4.69) is 0 Å². The average molecular weight is 307 g/mol. The molecule has 1 aromatic carbocycles. The SMILES string of the molecule is NC(=O)C1=CCC2CC3Cc4ccccc4C(=O)C3=CC2C1=O. The molecule has 0 radical (unpaired) electrons. The van der Waals surface area contributed by atoms with E-state index in [4.69, 9.17) is 5.73 Å². The monoisotopic (exact) mass is 307 g/mol. The smallest absolute Gasteiger partial charge is 0.252 e. The zero-order valence-corrected chi connectivity index (χ0v) is 12.6. The first-order valence-corrected chi connectivity index (χ1v) is 7.94. The summed E-state index contributed by atoms with van der Waals surface area (Å²) in [5.41, 5.74) is 7.94. The number of allylic oxidation sites excluding steroid dienone is 3. The molecule has 3 aliphatic carbocycles. The second-order valence-corrected chi connectivity index (χ2v) is 6.61. The van der Waals surface area contributed by atoms with Crippen LogP contribution in [0.5, 0.6) is 0 Å². The van der Waals surface area contributed by atoms with Gasteiger partial charge >= 0.3 is 0 Å². The van der Waals surface area contributed by atoms with Gasteiger partial charge in [-0.3, -0.25) is 14.4 Å². The summed E-state index contributed by atoms with van der Waals surface area (Å²) >= 11 is 0. The van der Waals surface area contributed by atoms with Gasteiger partial charge in [0.25, 0.3) is 5.91 Å². The first kappa shape index (κ1) is 14.1. The molecule has 3 aliphatic rings. The van der Waals surface area contributed by atoms with Crippen molar-refractivity contribution in [2.45, 2.75) is 19.3 Å². The number of nitrogens with two attached hydrogens (primary N) is 1. The summed E-state index contributed by atoms with van der Waals surface area (Å²) in [6.45, 7) is 0. The van der Waals surface area contributed by atoms with Gasteiger partial charge < -0.3 is 5.73 Å². The van der Waals surface area contributed by atoms with E-state index >= 15 is 0 Å². The number of hydrogen-bond donors (Lipinski definition) is 1. The maximum absolute atomic E-state index is 12.8. The Kier molecular flexibility index (Phi) is 3.08. The van der Waals surface area contributed by atoms with Crippen LogP contribution in [0.25, 0.3) is 0 Å². The van der Waals surface area contributed by atoms with Crippen molar-refractivity contribution in [2.75, 3.05) is 0 Å². The van der Waals surface area contributed by atoms with Crippen LogP contribution in [0.2, 0.25) is 0 Å². The summed E-state index contributed by atoms with van der Waals surface area (Å²) in [6.07, 6.45) is 5.81. The Morgan fingerprint density at radius 3 is 2.74 bits per heavy atom. The van der Waals surface area contributed by atoms with Gasteiger partial charge in [-0.25, -0.2) is 0 Å². The van der Waals surface area contributed by atoms with Gasteiger partial charge in [-0.05, 0) is 36.7 Å².